The van der Waals surface area contributed by atoms with E-state index in [0.717, 1.165) is 23.9 Å². The zero-order chi connectivity index (χ0) is 15.8. The molecule has 0 saturated carbocycles. The van der Waals surface area contributed by atoms with Gasteiger partial charge in [0.1, 0.15) is 0 Å². The molecule has 0 saturated heterocycles. The van der Waals surface area contributed by atoms with E-state index in [2.05, 4.69) is 17.0 Å². The summed E-state index contributed by atoms with van der Waals surface area (Å²) >= 11 is 0. The van der Waals surface area contributed by atoms with Crippen molar-refractivity contribution in [2.24, 2.45) is 0 Å². The lowest BCUT2D eigenvalue weighted by molar-refractivity contribution is -0.139. The summed E-state index contributed by atoms with van der Waals surface area (Å²) < 4.78 is 5.92. The van der Waals surface area contributed by atoms with Crippen molar-refractivity contribution in [2.45, 2.75) is 33.1 Å². The molecule has 1 heterocycles. The van der Waals surface area contributed by atoms with E-state index in [-0.39, 0.29) is 11.5 Å². The van der Waals surface area contributed by atoms with Crippen molar-refractivity contribution in [3.63, 3.8) is 0 Å². The van der Waals surface area contributed by atoms with Crippen LogP contribution in [0, 0.1) is 6.92 Å². The molecule has 2 N–H and O–H groups in total. The molecule has 1 aromatic heterocycles. The molecule has 0 bridgehead atoms. The molecule has 0 aliphatic carbocycles. The number of aryl methyl sites for hydroxylation is 1. The summed E-state index contributed by atoms with van der Waals surface area (Å²) in [5.41, 5.74) is 2.79. The minimum absolute atomic E-state index is 0.344. The van der Waals surface area contributed by atoms with Crippen LogP contribution < -0.4 is 16.7 Å². The third-order valence-corrected chi connectivity index (χ3v) is 2.83. The Morgan fingerprint density at radius 1 is 1.38 bits per heavy atom. The maximum Gasteiger partial charge on any atom is 0.347 e. The van der Waals surface area contributed by atoms with Crippen molar-refractivity contribution in [1.29, 1.82) is 0 Å². The molecule has 0 amide bonds. The third kappa shape index (κ3) is 5.29. The molecule has 0 unspecified atom stereocenters. The van der Waals surface area contributed by atoms with Crippen molar-refractivity contribution in [3.05, 3.63) is 44.8 Å². The van der Waals surface area contributed by atoms with Gasteiger partial charge in [-0.15, -0.1) is 0 Å². The van der Waals surface area contributed by atoms with E-state index in [1.807, 2.05) is 0 Å². The lowest BCUT2D eigenvalue weighted by atomic mass is 10.2. The molecular formula is C14H21N3O4. The topological polar surface area (TPSA) is 93.2 Å². The lowest BCUT2D eigenvalue weighted by Crippen LogP contribution is -2.42. The molecule has 0 aliphatic heterocycles. The number of hydrogen-bond donors (Lipinski definition) is 2. The molecule has 0 aromatic carbocycles. The van der Waals surface area contributed by atoms with Gasteiger partial charge in [-0.1, -0.05) is 6.58 Å². The lowest BCUT2D eigenvalue weighted by Gasteiger charge is -2.08. The molecule has 7 heteroatoms. The van der Waals surface area contributed by atoms with Gasteiger partial charge >= 0.3 is 11.7 Å². The van der Waals surface area contributed by atoms with E-state index in [0.29, 0.717) is 24.3 Å². The number of ether oxygens (including phenoxy) is 1. The highest BCUT2D eigenvalue weighted by atomic mass is 16.5. The fourth-order valence-corrected chi connectivity index (χ4v) is 1.59. The molecule has 0 spiro atoms. The Bertz CT molecular complexity index is 615. The molecule has 1 rings (SSSR count). The maximum atomic E-state index is 11.7. The van der Waals surface area contributed by atoms with Crippen LogP contribution >= 0.6 is 0 Å². The zero-order valence-corrected chi connectivity index (χ0v) is 12.4. The molecule has 0 atom stereocenters. The number of aromatic amines is 1. The molecule has 0 aliphatic rings. The summed E-state index contributed by atoms with van der Waals surface area (Å²) in [7, 11) is 0. The number of carbonyl (C=O) groups excluding carboxylic acids is 1. The van der Waals surface area contributed by atoms with E-state index < -0.39 is 5.69 Å². The second kappa shape index (κ2) is 8.08. The molecule has 1 aromatic rings. The molecule has 0 radical (unpaired) electrons. The smallest absolute Gasteiger partial charge is 0.347 e. The van der Waals surface area contributed by atoms with Crippen LogP contribution in [0.4, 0.5) is 0 Å². The summed E-state index contributed by atoms with van der Waals surface area (Å²) in [4.78, 5) is 36.8. The Kier molecular flexibility index (Phi) is 6.45. The van der Waals surface area contributed by atoms with E-state index in [1.54, 1.807) is 13.8 Å². The van der Waals surface area contributed by atoms with Crippen LogP contribution in [0.25, 0.3) is 0 Å². The van der Waals surface area contributed by atoms with Gasteiger partial charge in [-0.2, -0.15) is 4.68 Å². The van der Waals surface area contributed by atoms with Gasteiger partial charge in [0.15, 0.2) is 0 Å². The SMILES string of the molecule is C=C(C)C(=O)OCCCCCNn1c(=O)[nH]cc(C)c1=O. The molecule has 116 valence electrons. The molecule has 7 nitrogen and oxygen atoms in total. The van der Waals surface area contributed by atoms with E-state index in [1.165, 1.54) is 6.20 Å². The van der Waals surface area contributed by atoms with Crippen LogP contribution in [0.15, 0.2) is 27.9 Å². The first-order valence-electron chi connectivity index (χ1n) is 6.81. The predicted octanol–water partition coefficient (Wildman–Crippen LogP) is 0.678. The Balaban J connectivity index is 2.25. The summed E-state index contributed by atoms with van der Waals surface area (Å²) in [6.07, 6.45) is 3.68. The highest BCUT2D eigenvalue weighted by Crippen LogP contribution is 1.98. The highest BCUT2D eigenvalue weighted by Gasteiger charge is 2.03. The molecule has 21 heavy (non-hydrogen) atoms. The Morgan fingerprint density at radius 3 is 2.76 bits per heavy atom. The minimum atomic E-state index is -0.485. The first-order valence-corrected chi connectivity index (χ1v) is 6.81. The van der Waals surface area contributed by atoms with Crippen molar-refractivity contribution >= 4 is 5.97 Å². The zero-order valence-electron chi connectivity index (χ0n) is 12.4. The van der Waals surface area contributed by atoms with Gasteiger partial charge in [0.2, 0.25) is 0 Å². The van der Waals surface area contributed by atoms with Crippen LogP contribution in [0.3, 0.4) is 0 Å². The first-order chi connectivity index (χ1) is 9.93. The average molecular weight is 295 g/mol. The fourth-order valence-electron chi connectivity index (χ4n) is 1.59. The van der Waals surface area contributed by atoms with Gasteiger partial charge in [0.05, 0.1) is 6.61 Å². The normalized spacial score (nSPS) is 10.2. The summed E-state index contributed by atoms with van der Waals surface area (Å²) in [5.74, 6) is -0.383. The number of H-pyrrole nitrogens is 1. The number of hydrogen-bond acceptors (Lipinski definition) is 5. The fraction of sp³-hybridized carbons (Fsp3) is 0.500. The van der Waals surface area contributed by atoms with Gasteiger partial charge in [0, 0.05) is 23.9 Å². The summed E-state index contributed by atoms with van der Waals surface area (Å²) in [5, 5.41) is 0. The number of esters is 1. The van der Waals surface area contributed by atoms with Crippen LogP contribution in [-0.2, 0) is 9.53 Å². The Morgan fingerprint density at radius 2 is 2.10 bits per heavy atom. The van der Waals surface area contributed by atoms with Gasteiger partial charge in [-0.3, -0.25) is 4.79 Å². The van der Waals surface area contributed by atoms with E-state index >= 15 is 0 Å². The monoisotopic (exact) mass is 295 g/mol. The van der Waals surface area contributed by atoms with Crippen molar-refractivity contribution in [3.8, 4) is 0 Å². The van der Waals surface area contributed by atoms with Crippen LogP contribution in [0.2, 0.25) is 0 Å². The number of aromatic nitrogens is 2. The van der Waals surface area contributed by atoms with Gasteiger partial charge in [-0.25, -0.2) is 9.59 Å². The Hall–Kier alpha value is -2.31. The van der Waals surface area contributed by atoms with Crippen molar-refractivity contribution < 1.29 is 9.53 Å². The van der Waals surface area contributed by atoms with Crippen LogP contribution in [0.1, 0.15) is 31.7 Å². The largest absolute Gasteiger partial charge is 0.462 e. The standard InChI is InChI=1S/C14H21N3O4/c1-10(2)13(19)21-8-6-4-5-7-16-17-12(18)11(3)9-15-14(17)20/h9,16H,1,4-8H2,2-3H3,(H,15,20). The first kappa shape index (κ1) is 16.7. The molecule has 0 fully saturated rings. The third-order valence-electron chi connectivity index (χ3n) is 2.83. The van der Waals surface area contributed by atoms with E-state index in [9.17, 15) is 14.4 Å². The number of rotatable bonds is 8. The summed E-state index contributed by atoms with van der Waals surface area (Å²) in [6.45, 7) is 7.55. The van der Waals surface area contributed by atoms with Crippen LogP contribution in [0.5, 0.6) is 0 Å². The number of unbranched alkanes of at least 4 members (excludes halogenated alkanes) is 2. The Labute approximate surface area is 122 Å². The number of nitrogens with zero attached hydrogens (tertiary/aromatic N) is 1. The van der Waals surface area contributed by atoms with Crippen molar-refractivity contribution in [2.75, 3.05) is 18.6 Å². The van der Waals surface area contributed by atoms with E-state index in [4.69, 9.17) is 4.74 Å². The average Bonchev–Trinajstić information content (AvgIpc) is 2.44. The summed E-state index contributed by atoms with van der Waals surface area (Å²) in [6, 6.07) is 0. The minimum Gasteiger partial charge on any atom is -0.462 e. The van der Waals surface area contributed by atoms with Gasteiger partial charge < -0.3 is 15.1 Å². The molecular weight excluding hydrogens is 274 g/mol. The second-order valence-electron chi connectivity index (χ2n) is 4.80. The van der Waals surface area contributed by atoms with Crippen molar-refractivity contribution in [1.82, 2.24) is 9.66 Å². The van der Waals surface area contributed by atoms with Gasteiger partial charge in [-0.05, 0) is 33.1 Å². The maximum absolute atomic E-state index is 11.7. The number of carbonyl (C=O) groups is 1. The second-order valence-corrected chi connectivity index (χ2v) is 4.80. The number of nitrogens with one attached hydrogen (secondary N) is 2. The predicted molar refractivity (Wildman–Crippen MR) is 79.9 cm³/mol. The van der Waals surface area contributed by atoms with Gasteiger partial charge in [0.25, 0.3) is 5.56 Å². The highest BCUT2D eigenvalue weighted by molar-refractivity contribution is 5.86. The van der Waals surface area contributed by atoms with Crippen LogP contribution in [-0.4, -0.2) is 28.8 Å². The quantitative estimate of drug-likeness (QED) is 0.418.